The molecule has 2 fully saturated rings. The van der Waals surface area contributed by atoms with Gasteiger partial charge in [-0.2, -0.15) is 0 Å². The summed E-state index contributed by atoms with van der Waals surface area (Å²) in [7, 11) is 0. The number of rotatable bonds is 2. The molecule has 2 saturated heterocycles. The molecule has 0 radical (unpaired) electrons. The maximum absolute atomic E-state index is 12.4. The van der Waals surface area contributed by atoms with Gasteiger partial charge < -0.3 is 18.8 Å². The van der Waals surface area contributed by atoms with Crippen molar-refractivity contribution in [2.75, 3.05) is 26.3 Å². The second kappa shape index (κ2) is 5.37. The number of amides is 1. The molecule has 2 aliphatic rings. The zero-order valence-corrected chi connectivity index (χ0v) is 12.4. The highest BCUT2D eigenvalue weighted by molar-refractivity contribution is 5.78. The van der Waals surface area contributed by atoms with E-state index in [1.54, 1.807) is 0 Å². The minimum Gasteiger partial charge on any atom is -0.347 e. The van der Waals surface area contributed by atoms with E-state index in [1.165, 1.54) is 0 Å². The number of aromatic nitrogens is 2. The second-order valence-corrected chi connectivity index (χ2v) is 5.86. The van der Waals surface area contributed by atoms with Gasteiger partial charge in [0.15, 0.2) is 5.79 Å². The Morgan fingerprint density at radius 2 is 2.00 bits per heavy atom. The molecule has 0 aliphatic carbocycles. The van der Waals surface area contributed by atoms with Crippen LogP contribution < -0.4 is 0 Å². The van der Waals surface area contributed by atoms with Gasteiger partial charge in [-0.15, -0.1) is 0 Å². The first kappa shape index (κ1) is 13.7. The third-order valence-electron chi connectivity index (χ3n) is 4.44. The summed E-state index contributed by atoms with van der Waals surface area (Å²) in [6, 6.07) is 5.83. The van der Waals surface area contributed by atoms with E-state index in [-0.39, 0.29) is 5.91 Å². The summed E-state index contributed by atoms with van der Waals surface area (Å²) < 4.78 is 13.3. The van der Waals surface area contributed by atoms with E-state index in [0.29, 0.717) is 32.7 Å². The number of pyridine rings is 1. The number of carbonyl (C=O) groups excluding carboxylic acids is 1. The molecule has 4 rings (SSSR count). The summed E-state index contributed by atoms with van der Waals surface area (Å²) >= 11 is 0. The average Bonchev–Trinajstić information content (AvgIpc) is 3.14. The number of likely N-dealkylation sites (tertiary alicyclic amines) is 1. The standard InChI is InChI=1S/C16H19N3O3/c20-15(11-13-12-19-6-2-1-3-14(19)17-13)18-7-4-16(5-8-18)21-9-10-22-16/h1-3,6,12H,4-5,7-11H2. The van der Waals surface area contributed by atoms with Crippen LogP contribution in [-0.2, 0) is 20.7 Å². The molecule has 0 aromatic carbocycles. The smallest absolute Gasteiger partial charge is 0.228 e. The second-order valence-electron chi connectivity index (χ2n) is 5.86. The fraction of sp³-hybridized carbons (Fsp3) is 0.500. The summed E-state index contributed by atoms with van der Waals surface area (Å²) in [5.74, 6) is -0.309. The molecule has 0 saturated carbocycles. The lowest BCUT2D eigenvalue weighted by atomic mass is 10.0. The van der Waals surface area contributed by atoms with Crippen LogP contribution in [-0.4, -0.2) is 52.3 Å². The maximum atomic E-state index is 12.4. The van der Waals surface area contributed by atoms with Gasteiger partial charge in [-0.3, -0.25) is 4.79 Å². The van der Waals surface area contributed by atoms with E-state index < -0.39 is 5.79 Å². The normalized spacial score (nSPS) is 20.8. The Morgan fingerprint density at radius 1 is 1.23 bits per heavy atom. The van der Waals surface area contributed by atoms with E-state index in [0.717, 1.165) is 24.2 Å². The third-order valence-corrected chi connectivity index (χ3v) is 4.44. The number of ether oxygens (including phenoxy) is 2. The van der Waals surface area contributed by atoms with Gasteiger partial charge in [-0.25, -0.2) is 4.98 Å². The minimum atomic E-state index is -0.431. The van der Waals surface area contributed by atoms with Gasteiger partial charge in [0.05, 0.1) is 25.3 Å². The first-order valence-electron chi connectivity index (χ1n) is 7.72. The van der Waals surface area contributed by atoms with Gasteiger partial charge in [0, 0.05) is 38.3 Å². The van der Waals surface area contributed by atoms with Crippen molar-refractivity contribution < 1.29 is 14.3 Å². The monoisotopic (exact) mass is 301 g/mol. The Balaban J connectivity index is 1.40. The van der Waals surface area contributed by atoms with E-state index in [2.05, 4.69) is 4.98 Å². The first-order valence-corrected chi connectivity index (χ1v) is 7.72. The first-order chi connectivity index (χ1) is 10.7. The Bertz CT molecular complexity index is 648. The molecule has 2 aromatic heterocycles. The minimum absolute atomic E-state index is 0.122. The SMILES string of the molecule is O=C(Cc1cn2ccccc2n1)N1CCC2(CC1)OCCO2. The molecule has 6 nitrogen and oxygen atoms in total. The topological polar surface area (TPSA) is 56.1 Å². The number of piperidine rings is 1. The highest BCUT2D eigenvalue weighted by Gasteiger charge is 2.40. The predicted molar refractivity (Wildman–Crippen MR) is 79.3 cm³/mol. The number of hydrogen-bond donors (Lipinski definition) is 0. The average molecular weight is 301 g/mol. The lowest BCUT2D eigenvalue weighted by molar-refractivity contribution is -0.187. The van der Waals surface area contributed by atoms with Gasteiger partial charge in [-0.05, 0) is 12.1 Å². The van der Waals surface area contributed by atoms with E-state index in [1.807, 2.05) is 39.9 Å². The van der Waals surface area contributed by atoms with Crippen LogP contribution >= 0.6 is 0 Å². The van der Waals surface area contributed by atoms with Crippen LogP contribution in [0.5, 0.6) is 0 Å². The quantitative estimate of drug-likeness (QED) is 0.837. The summed E-state index contributed by atoms with van der Waals surface area (Å²) in [5, 5.41) is 0. The van der Waals surface area contributed by atoms with Gasteiger partial charge in [0.1, 0.15) is 5.65 Å². The van der Waals surface area contributed by atoms with Gasteiger partial charge >= 0.3 is 0 Å². The van der Waals surface area contributed by atoms with Crippen molar-refractivity contribution in [2.24, 2.45) is 0 Å². The molecule has 6 heteroatoms. The van der Waals surface area contributed by atoms with Crippen LogP contribution in [0.4, 0.5) is 0 Å². The lowest BCUT2D eigenvalue weighted by Crippen LogP contribution is -2.47. The van der Waals surface area contributed by atoms with Crippen molar-refractivity contribution in [3.05, 3.63) is 36.3 Å². The molecular formula is C16H19N3O3. The van der Waals surface area contributed by atoms with Crippen molar-refractivity contribution in [2.45, 2.75) is 25.0 Å². The molecular weight excluding hydrogens is 282 g/mol. The molecule has 116 valence electrons. The van der Waals surface area contributed by atoms with Crippen LogP contribution in [0.3, 0.4) is 0 Å². The zero-order valence-electron chi connectivity index (χ0n) is 12.4. The highest BCUT2D eigenvalue weighted by Crippen LogP contribution is 2.31. The molecule has 1 amide bonds. The zero-order chi connectivity index (χ0) is 15.0. The number of imidazole rings is 1. The van der Waals surface area contributed by atoms with Crippen LogP contribution in [0.1, 0.15) is 18.5 Å². The van der Waals surface area contributed by atoms with Crippen molar-refractivity contribution in [1.29, 1.82) is 0 Å². The Labute approximate surface area is 128 Å². The fourth-order valence-corrected chi connectivity index (χ4v) is 3.22. The Morgan fingerprint density at radius 3 is 2.73 bits per heavy atom. The lowest BCUT2D eigenvalue weighted by Gasteiger charge is -2.37. The molecule has 0 N–H and O–H groups in total. The van der Waals surface area contributed by atoms with Crippen molar-refractivity contribution in [1.82, 2.24) is 14.3 Å². The molecule has 0 unspecified atom stereocenters. The maximum Gasteiger partial charge on any atom is 0.228 e. The molecule has 1 spiro atoms. The van der Waals surface area contributed by atoms with Crippen LogP contribution in [0.25, 0.3) is 5.65 Å². The number of nitrogens with zero attached hydrogens (tertiary/aromatic N) is 3. The predicted octanol–water partition coefficient (Wildman–Crippen LogP) is 1.24. The molecule has 2 aliphatic heterocycles. The molecule has 2 aromatic rings. The van der Waals surface area contributed by atoms with Gasteiger partial charge in [0.2, 0.25) is 5.91 Å². The molecule has 0 bridgehead atoms. The van der Waals surface area contributed by atoms with Gasteiger partial charge in [0.25, 0.3) is 0 Å². The van der Waals surface area contributed by atoms with Gasteiger partial charge in [-0.1, -0.05) is 6.07 Å². The van der Waals surface area contributed by atoms with Crippen molar-refractivity contribution in [3.63, 3.8) is 0 Å². The number of carbonyl (C=O) groups is 1. The third kappa shape index (κ3) is 2.48. The Hall–Kier alpha value is -1.92. The van der Waals surface area contributed by atoms with E-state index >= 15 is 0 Å². The van der Waals surface area contributed by atoms with Crippen LogP contribution in [0.2, 0.25) is 0 Å². The number of hydrogen-bond acceptors (Lipinski definition) is 4. The van der Waals surface area contributed by atoms with Crippen molar-refractivity contribution >= 4 is 11.6 Å². The van der Waals surface area contributed by atoms with E-state index in [9.17, 15) is 4.79 Å². The highest BCUT2D eigenvalue weighted by atomic mass is 16.7. The molecule has 0 atom stereocenters. The fourth-order valence-electron chi connectivity index (χ4n) is 3.22. The van der Waals surface area contributed by atoms with Crippen LogP contribution in [0.15, 0.2) is 30.6 Å². The van der Waals surface area contributed by atoms with E-state index in [4.69, 9.17) is 9.47 Å². The largest absolute Gasteiger partial charge is 0.347 e. The summed E-state index contributed by atoms with van der Waals surface area (Å²) in [6.45, 7) is 2.70. The van der Waals surface area contributed by atoms with Crippen LogP contribution in [0, 0.1) is 0 Å². The summed E-state index contributed by atoms with van der Waals surface area (Å²) in [5.41, 5.74) is 1.68. The molecule has 22 heavy (non-hydrogen) atoms. The molecule has 4 heterocycles. The summed E-state index contributed by atoms with van der Waals surface area (Å²) in [4.78, 5) is 18.8. The number of fused-ring (bicyclic) bond motifs is 1. The van der Waals surface area contributed by atoms with Crippen molar-refractivity contribution in [3.8, 4) is 0 Å². The Kier molecular flexibility index (Phi) is 3.35. The summed E-state index contributed by atoms with van der Waals surface area (Å²) in [6.07, 6.45) is 5.71.